The van der Waals surface area contributed by atoms with E-state index in [1.54, 1.807) is 32.0 Å². The summed E-state index contributed by atoms with van der Waals surface area (Å²) in [6.07, 6.45) is -6.06. The molecule has 0 fully saturated rings. The predicted octanol–water partition coefficient (Wildman–Crippen LogP) is 9.04. The third-order valence-corrected chi connectivity index (χ3v) is 17.9. The van der Waals surface area contributed by atoms with E-state index in [0.717, 1.165) is 0 Å². The Morgan fingerprint density at radius 2 is 1.15 bits per heavy atom. The molecule has 7 aromatic carbocycles. The summed E-state index contributed by atoms with van der Waals surface area (Å²) in [6.45, 7) is 10.9. The Kier molecular flexibility index (Phi) is 20.0. The number of carbonyl (C=O) groups excluding carboxylic acids is 7. The van der Waals surface area contributed by atoms with Crippen LogP contribution in [0.25, 0.3) is 11.1 Å². The summed E-state index contributed by atoms with van der Waals surface area (Å²) in [4.78, 5) is 105. The van der Waals surface area contributed by atoms with Crippen molar-refractivity contribution in [2.45, 2.75) is 116 Å². The van der Waals surface area contributed by atoms with E-state index in [0.29, 0.717) is 16.7 Å². The van der Waals surface area contributed by atoms with Gasteiger partial charge in [0.1, 0.15) is 58.1 Å². The molecule has 17 bridgehead atoms. The first-order valence-electron chi connectivity index (χ1n) is 29.3. The van der Waals surface area contributed by atoms with Gasteiger partial charge in [-0.1, -0.05) is 30.3 Å². The summed E-state index contributed by atoms with van der Waals surface area (Å²) in [6, 6.07) is 15.4. The number of benzene rings is 7. The summed E-state index contributed by atoms with van der Waals surface area (Å²) in [5, 5.41) is 80.0. The van der Waals surface area contributed by atoms with Crippen LogP contribution in [0.2, 0.25) is 0 Å². The number of Topliss-reactive ketones (excluding diaryl/α,β-unsaturated/α-hetero) is 3. The van der Waals surface area contributed by atoms with E-state index < -0.39 is 108 Å². The number of hydrogen-bond acceptors (Lipinski definition) is 19. The number of hydrogen-bond donors (Lipinski definition) is 10. The van der Waals surface area contributed by atoms with Gasteiger partial charge in [0.25, 0.3) is 6.47 Å². The molecule has 7 aromatic rings. The maximum Gasteiger partial charge on any atom is 0.295 e. The summed E-state index contributed by atoms with van der Waals surface area (Å²) in [5.41, 5.74) is 8.73. The normalized spacial score (nSPS) is 21.1. The second-order valence-electron chi connectivity index (χ2n) is 23.7. The van der Waals surface area contributed by atoms with E-state index in [4.69, 9.17) is 29.4 Å². The van der Waals surface area contributed by atoms with E-state index in [-0.39, 0.29) is 202 Å². The molecule has 24 heteroatoms. The molecule has 0 spiro atoms. The molecule has 6 aliphatic rings. The van der Waals surface area contributed by atoms with Crippen LogP contribution in [0.5, 0.6) is 69.0 Å². The second kappa shape index (κ2) is 27.1. The van der Waals surface area contributed by atoms with Gasteiger partial charge in [-0.2, -0.15) is 0 Å². The summed E-state index contributed by atoms with van der Waals surface area (Å²) >= 11 is 0. The van der Waals surface area contributed by atoms with Crippen LogP contribution in [0.15, 0.2) is 84.9 Å². The Balaban J connectivity index is 0.00000510. The van der Waals surface area contributed by atoms with Crippen molar-refractivity contribution in [3.63, 3.8) is 0 Å². The molecule has 93 heavy (non-hydrogen) atoms. The number of ether oxygens (including phenoxy) is 5. The molecule has 0 unspecified atom stereocenters. The number of rotatable bonds is 3. The zero-order valence-corrected chi connectivity index (χ0v) is 57.5. The van der Waals surface area contributed by atoms with Crippen molar-refractivity contribution in [1.29, 1.82) is 0 Å². The van der Waals surface area contributed by atoms with Gasteiger partial charge in [-0.05, 0) is 165 Å². The third-order valence-electron chi connectivity index (χ3n) is 17.9. The number of aliphatic hydroxyl groups excluding tert-OH is 1. The Hall–Kier alpha value is -8.66. The molecule has 479 valence electrons. The fourth-order valence-corrected chi connectivity index (χ4v) is 12.7. The number of nitrogens with two attached hydrogens (primary N) is 1. The van der Waals surface area contributed by atoms with Crippen molar-refractivity contribution in [3.8, 4) is 80.1 Å². The number of aliphatic hydroxyl groups is 1. The molecule has 13 rings (SSSR count). The van der Waals surface area contributed by atoms with Crippen LogP contribution in [0.4, 0.5) is 0 Å². The first-order valence-corrected chi connectivity index (χ1v) is 29.3. The van der Waals surface area contributed by atoms with Crippen LogP contribution in [-0.2, 0) is 98.5 Å². The number of phenolic OH excluding ortho intramolecular Hbond substituents is 5. The smallest absolute Gasteiger partial charge is 0.295 e. The number of amides is 3. The van der Waals surface area contributed by atoms with Crippen LogP contribution in [0, 0.1) is 54.4 Å². The van der Waals surface area contributed by atoms with Gasteiger partial charge in [0, 0.05) is 112 Å². The molecule has 8 atom stereocenters. The van der Waals surface area contributed by atoms with Crippen molar-refractivity contribution < 1.29 is 142 Å². The van der Waals surface area contributed by atoms with Gasteiger partial charge in [-0.25, -0.2) is 0 Å². The number of phenols is 5. The van der Waals surface area contributed by atoms with Gasteiger partial charge in [0.2, 0.25) is 29.7 Å². The number of methoxy groups -OCH3 is 1. The van der Waals surface area contributed by atoms with E-state index in [1.807, 2.05) is 0 Å². The Morgan fingerprint density at radius 3 is 1.81 bits per heavy atom. The first kappa shape index (κ1) is 68.7. The number of aromatic hydroxyl groups is 5. The fourth-order valence-electron chi connectivity index (χ4n) is 12.7. The van der Waals surface area contributed by atoms with Gasteiger partial charge >= 0.3 is 0 Å². The maximum absolute atomic E-state index is 16.2. The van der Waals surface area contributed by atoms with Crippen molar-refractivity contribution in [1.82, 2.24) is 16.0 Å². The molecule has 0 aliphatic carbocycles. The van der Waals surface area contributed by atoms with Gasteiger partial charge in [-0.15, -0.1) is 0 Å². The van der Waals surface area contributed by atoms with Crippen molar-refractivity contribution in [2.24, 2.45) is 11.7 Å². The Morgan fingerprint density at radius 1 is 0.538 bits per heavy atom. The largest absolute Gasteiger partial charge is 0.507 e. The summed E-state index contributed by atoms with van der Waals surface area (Å²) in [7, 11) is 1.29. The summed E-state index contributed by atoms with van der Waals surface area (Å²) < 4.78 is 30.8. The topological polar surface area (TPSA) is 349 Å². The minimum atomic E-state index is -1.90. The van der Waals surface area contributed by atoms with Gasteiger partial charge in [-0.3, -0.25) is 33.6 Å². The molecule has 22 nitrogen and oxygen atoms in total. The molecule has 1 radical (unpaired) electrons. The summed E-state index contributed by atoms with van der Waals surface area (Å²) in [5.74, 6) is -12.9. The molecule has 11 N–H and O–H groups in total. The third kappa shape index (κ3) is 12.8. The molecule has 6 aliphatic heterocycles. The molecule has 0 aromatic heterocycles. The van der Waals surface area contributed by atoms with Crippen LogP contribution < -0.4 is 40.6 Å². The van der Waals surface area contributed by atoms with Crippen LogP contribution >= 0.6 is 0 Å². The van der Waals surface area contributed by atoms with E-state index in [9.17, 15) is 40.2 Å². The van der Waals surface area contributed by atoms with Crippen LogP contribution in [0.3, 0.4) is 0 Å². The quantitative estimate of drug-likeness (QED) is 0.0737. The maximum atomic E-state index is 16.2. The first-order chi connectivity index (χ1) is 43.3. The number of nitrogens with one attached hydrogen (secondary N) is 3. The number of aryl methyl sites for hydroxylation is 3. The van der Waals surface area contributed by atoms with Crippen LogP contribution in [0.1, 0.15) is 133 Å². The van der Waals surface area contributed by atoms with Gasteiger partial charge in [0.15, 0.2) is 34.6 Å². The van der Waals surface area contributed by atoms with E-state index >= 15 is 24.0 Å². The predicted molar refractivity (Wildman–Crippen MR) is 327 cm³/mol. The number of fused-ring (bicyclic) bond motifs is 14. The average Bonchev–Trinajstić information content (AvgIpc) is 0.751. The average molecular weight is 1510 g/mol. The fraction of sp³-hybridized carbons (Fsp3) is 0.290. The van der Waals surface area contributed by atoms with E-state index in [2.05, 4.69) is 16.0 Å². The monoisotopic (exact) mass is 1510 g/mol. The molecular weight excluding hydrogens is 1450 g/mol. The Bertz CT molecular complexity index is 4290. The molecule has 6 heterocycles. The zero-order chi connectivity index (χ0) is 65.3. The molecule has 0 saturated carbocycles. The minimum Gasteiger partial charge on any atom is -0.507 e. The van der Waals surface area contributed by atoms with Crippen molar-refractivity contribution in [2.75, 3.05) is 7.11 Å². The molecule has 0 saturated heterocycles. The van der Waals surface area contributed by atoms with Crippen molar-refractivity contribution in [3.05, 3.63) is 163 Å². The SMILES string of the molecule is COc1c(C)c(O)c(C)c2c1-c1cc(cc(C)c1O)[C@@H]1CC(=O)[C@@H]3NC(=O)[C@H]4CC(=O)[C@@H](Cc5ccc(c(C)c5)Oc5cc3cc(c5O)Oc3ccc(cc3C)[C@@H](O)[C@H](CC1=O)C(=O)N[C@@H]2OC=O)NC(=O)[C@H](N)c1ccc(O)c(c1)Oc1cc4c(C)c(O)c1C.[W].[Y]. The van der Waals surface area contributed by atoms with Crippen LogP contribution in [-0.4, -0.2) is 85.3 Å². The minimum absolute atomic E-state index is 0. The second-order valence-corrected chi connectivity index (χ2v) is 23.7. The molecule has 3 amide bonds. The number of ketones is 3. The van der Waals surface area contributed by atoms with Gasteiger partial charge < -0.3 is 76.0 Å². The van der Waals surface area contributed by atoms with E-state index in [1.165, 1.54) is 108 Å². The zero-order valence-electron chi connectivity index (χ0n) is 51.8. The molecular formula is C69H66N4O18WY. The number of carbonyl (C=O) groups is 7. The Labute approximate surface area is 573 Å². The standard InChI is InChI=1S/C69H66N4O18.W.Y/c1-28-15-35-9-13-50(28)89-54-21-39-22-55(64(54)83)90-51-14-11-37(16-29(51)2)63(82)44-25-47(76)41(38-17-30(3)60(79)43(19-38)57-56(69(88-27-74)73-67(44)85)33(6)62(81)34(7)65(57)87-8)23-49(78)59(39)72-66(84)42-24-48(77)45(18-35)71-68(86)58(70)36-10-12-46(75)53(20-36)91-52-26-40(42)31(4)61(80)32(52)5;;/h9-17,19-22,26-27,41-42,44-45,58-59,63,69,75,79-83H,18,23-25,70H2,1-8H3,(H,71,86)(H,72,84)(H,73,85);;/t41-,42-,44-,45+,58+,59+,63+,69+;;/m0../s1. The van der Waals surface area contributed by atoms with Gasteiger partial charge in [0.05, 0.1) is 31.1 Å². The van der Waals surface area contributed by atoms with Crippen molar-refractivity contribution >= 4 is 41.5 Å².